The van der Waals surface area contributed by atoms with Gasteiger partial charge in [0.25, 0.3) is 5.91 Å². The van der Waals surface area contributed by atoms with Crippen LogP contribution in [0.5, 0.6) is 0 Å². The zero-order valence-electron chi connectivity index (χ0n) is 11.2. The third-order valence-corrected chi connectivity index (χ3v) is 2.52. The average molecular weight is 252 g/mol. The molecule has 1 heterocycles. The third kappa shape index (κ3) is 3.66. The first-order chi connectivity index (χ1) is 8.45. The number of rotatable bonds is 5. The van der Waals surface area contributed by atoms with E-state index < -0.39 is 0 Å². The molecule has 1 rings (SSSR count). The number of hydrogen-bond acceptors (Lipinski definition) is 5. The van der Waals surface area contributed by atoms with Crippen molar-refractivity contribution in [2.24, 2.45) is 0 Å². The van der Waals surface area contributed by atoms with Crippen LogP contribution in [0.4, 0.5) is 5.69 Å². The molecule has 0 aliphatic heterocycles. The highest BCUT2D eigenvalue weighted by atomic mass is 16.5. The maximum Gasteiger partial charge on any atom is 0.272 e. The highest BCUT2D eigenvalue weighted by Gasteiger charge is 2.15. The van der Waals surface area contributed by atoms with Crippen LogP contribution < -0.4 is 11.1 Å². The van der Waals surface area contributed by atoms with Gasteiger partial charge in [0.2, 0.25) is 0 Å². The van der Waals surface area contributed by atoms with Crippen LogP contribution in [0, 0.1) is 0 Å². The van der Waals surface area contributed by atoms with E-state index in [9.17, 15) is 4.79 Å². The quantitative estimate of drug-likeness (QED) is 0.814. The van der Waals surface area contributed by atoms with Gasteiger partial charge in [-0.2, -0.15) is 0 Å². The summed E-state index contributed by atoms with van der Waals surface area (Å²) in [7, 11) is 1.59. The summed E-state index contributed by atoms with van der Waals surface area (Å²) in [5.41, 5.74) is 6.21. The van der Waals surface area contributed by atoms with Gasteiger partial charge >= 0.3 is 0 Å². The van der Waals surface area contributed by atoms with E-state index in [0.717, 1.165) is 0 Å². The predicted octanol–water partition coefficient (Wildman–Crippen LogP) is 0.947. The van der Waals surface area contributed by atoms with E-state index in [1.54, 1.807) is 7.11 Å². The highest BCUT2D eigenvalue weighted by molar-refractivity contribution is 5.96. The number of nitrogen functional groups attached to an aromatic ring is 1. The Morgan fingerprint density at radius 3 is 2.72 bits per heavy atom. The molecule has 0 aliphatic carbocycles. The van der Waals surface area contributed by atoms with Crippen LogP contribution in [0.1, 0.15) is 43.0 Å². The van der Waals surface area contributed by atoms with Crippen molar-refractivity contribution in [1.29, 1.82) is 0 Å². The molecule has 100 valence electrons. The summed E-state index contributed by atoms with van der Waals surface area (Å²) in [5, 5.41) is 2.72. The van der Waals surface area contributed by atoms with Gasteiger partial charge in [-0.15, -0.1) is 0 Å². The van der Waals surface area contributed by atoms with Crippen LogP contribution in [0.25, 0.3) is 0 Å². The Bertz CT molecular complexity index is 421. The lowest BCUT2D eigenvalue weighted by molar-refractivity contribution is 0.0866. The second kappa shape index (κ2) is 6.30. The molecule has 0 aromatic carbocycles. The van der Waals surface area contributed by atoms with Gasteiger partial charge in [-0.1, -0.05) is 13.8 Å². The van der Waals surface area contributed by atoms with Crippen molar-refractivity contribution < 1.29 is 9.53 Å². The molecule has 0 bridgehead atoms. The fourth-order valence-corrected chi connectivity index (χ4v) is 1.27. The van der Waals surface area contributed by atoms with Crippen molar-refractivity contribution in [2.45, 2.75) is 32.8 Å². The number of nitrogens with one attached hydrogen (secondary N) is 1. The van der Waals surface area contributed by atoms with Gasteiger partial charge in [0.15, 0.2) is 5.69 Å². The minimum Gasteiger partial charge on any atom is -0.396 e. The number of nitrogens with two attached hydrogens (primary N) is 1. The maximum atomic E-state index is 11.9. The largest absolute Gasteiger partial charge is 0.396 e. The number of ether oxygens (including phenoxy) is 1. The van der Waals surface area contributed by atoms with E-state index in [0.29, 0.717) is 12.4 Å². The van der Waals surface area contributed by atoms with E-state index in [2.05, 4.69) is 15.3 Å². The van der Waals surface area contributed by atoms with Crippen LogP contribution in [0.15, 0.2) is 6.20 Å². The topological polar surface area (TPSA) is 90.1 Å². The summed E-state index contributed by atoms with van der Waals surface area (Å²) in [4.78, 5) is 20.2. The molecule has 3 N–H and O–H groups in total. The summed E-state index contributed by atoms with van der Waals surface area (Å²) >= 11 is 0. The number of aromatic nitrogens is 2. The minimum atomic E-state index is -0.305. The van der Waals surface area contributed by atoms with Crippen LogP contribution in [-0.2, 0) is 4.74 Å². The lowest BCUT2D eigenvalue weighted by atomic mass is 10.2. The smallest absolute Gasteiger partial charge is 0.272 e. The highest BCUT2D eigenvalue weighted by Crippen LogP contribution is 2.13. The number of methoxy groups -OCH3 is 1. The van der Waals surface area contributed by atoms with E-state index in [1.165, 1.54) is 6.20 Å². The predicted molar refractivity (Wildman–Crippen MR) is 69.3 cm³/mol. The normalized spacial score (nSPS) is 12.5. The molecule has 6 heteroatoms. The molecule has 0 radical (unpaired) electrons. The standard InChI is InChI=1S/C12H20N4O2/c1-7(2)11-14-6-9(13)10(16-11)12(17)15-5-8(3)18-4/h6-8H,5,13H2,1-4H3,(H,15,17). The van der Waals surface area contributed by atoms with Gasteiger partial charge in [0.05, 0.1) is 18.0 Å². The number of anilines is 1. The van der Waals surface area contributed by atoms with Gasteiger partial charge in [0.1, 0.15) is 5.82 Å². The zero-order valence-corrected chi connectivity index (χ0v) is 11.2. The number of hydrogen-bond donors (Lipinski definition) is 2. The Balaban J connectivity index is 2.81. The molecule has 0 saturated heterocycles. The Morgan fingerprint density at radius 1 is 1.50 bits per heavy atom. The molecular formula is C12H20N4O2. The molecule has 0 spiro atoms. The van der Waals surface area contributed by atoms with E-state index in [4.69, 9.17) is 10.5 Å². The van der Waals surface area contributed by atoms with Gasteiger partial charge in [0, 0.05) is 19.6 Å². The van der Waals surface area contributed by atoms with Crippen molar-refractivity contribution in [3.05, 3.63) is 17.7 Å². The first kappa shape index (κ1) is 14.4. The maximum absolute atomic E-state index is 11.9. The average Bonchev–Trinajstić information content (AvgIpc) is 2.35. The molecule has 1 unspecified atom stereocenters. The molecular weight excluding hydrogens is 232 g/mol. The van der Waals surface area contributed by atoms with Gasteiger partial charge in [-0.25, -0.2) is 9.97 Å². The van der Waals surface area contributed by atoms with E-state index >= 15 is 0 Å². The summed E-state index contributed by atoms with van der Waals surface area (Å²) in [6, 6.07) is 0. The lowest BCUT2D eigenvalue weighted by Crippen LogP contribution is -2.32. The van der Waals surface area contributed by atoms with Crippen LogP contribution in [-0.4, -0.2) is 35.6 Å². The first-order valence-electron chi connectivity index (χ1n) is 5.89. The zero-order chi connectivity index (χ0) is 13.7. The molecule has 0 saturated carbocycles. The van der Waals surface area contributed by atoms with Crippen LogP contribution in [0.3, 0.4) is 0 Å². The molecule has 18 heavy (non-hydrogen) atoms. The SMILES string of the molecule is COC(C)CNC(=O)c1nc(C(C)C)ncc1N. The Kier molecular flexibility index (Phi) is 5.03. The van der Waals surface area contributed by atoms with Gasteiger partial charge in [-0.3, -0.25) is 4.79 Å². The Morgan fingerprint density at radius 2 is 2.17 bits per heavy atom. The van der Waals surface area contributed by atoms with Crippen molar-refractivity contribution in [2.75, 3.05) is 19.4 Å². The van der Waals surface area contributed by atoms with E-state index in [1.807, 2.05) is 20.8 Å². The van der Waals surface area contributed by atoms with Gasteiger partial charge in [-0.05, 0) is 6.92 Å². The van der Waals surface area contributed by atoms with Crippen molar-refractivity contribution in [1.82, 2.24) is 15.3 Å². The molecule has 6 nitrogen and oxygen atoms in total. The second-order valence-electron chi connectivity index (χ2n) is 4.44. The summed E-state index contributed by atoms with van der Waals surface area (Å²) in [6.07, 6.45) is 1.42. The fourth-order valence-electron chi connectivity index (χ4n) is 1.27. The fraction of sp³-hybridized carbons (Fsp3) is 0.583. The minimum absolute atomic E-state index is 0.0541. The van der Waals surface area contributed by atoms with Gasteiger partial charge < -0.3 is 15.8 Å². The molecule has 1 aromatic rings. The number of carbonyl (C=O) groups is 1. The molecule has 1 atom stereocenters. The monoisotopic (exact) mass is 252 g/mol. The Hall–Kier alpha value is -1.69. The summed E-state index contributed by atoms with van der Waals surface area (Å²) < 4.78 is 5.05. The summed E-state index contributed by atoms with van der Waals surface area (Å²) in [6.45, 7) is 6.19. The van der Waals surface area contributed by atoms with Crippen LogP contribution in [0.2, 0.25) is 0 Å². The third-order valence-electron chi connectivity index (χ3n) is 2.52. The molecule has 1 aromatic heterocycles. The summed E-state index contributed by atoms with van der Waals surface area (Å²) in [5.74, 6) is 0.449. The number of nitrogens with zero attached hydrogens (tertiary/aromatic N) is 2. The van der Waals surface area contributed by atoms with E-state index in [-0.39, 0.29) is 29.3 Å². The molecule has 0 fully saturated rings. The molecule has 1 amide bonds. The van der Waals surface area contributed by atoms with Crippen molar-refractivity contribution >= 4 is 11.6 Å². The van der Waals surface area contributed by atoms with Crippen LogP contribution >= 0.6 is 0 Å². The second-order valence-corrected chi connectivity index (χ2v) is 4.44. The first-order valence-corrected chi connectivity index (χ1v) is 5.89. The van der Waals surface area contributed by atoms with Crippen molar-refractivity contribution in [3.8, 4) is 0 Å². The number of carbonyl (C=O) groups excluding carboxylic acids is 1. The molecule has 0 aliphatic rings. The number of amides is 1. The lowest BCUT2D eigenvalue weighted by Gasteiger charge is -2.12. The van der Waals surface area contributed by atoms with Crippen molar-refractivity contribution in [3.63, 3.8) is 0 Å². The Labute approximate surface area is 107 Å².